The van der Waals surface area contributed by atoms with E-state index < -0.39 is 46.5 Å². The smallest absolute Gasteiger partial charge is 0.429 e. The highest BCUT2D eigenvalue weighted by Gasteiger charge is 2.41. The third kappa shape index (κ3) is 5.37. The van der Waals surface area contributed by atoms with Gasteiger partial charge in [-0.2, -0.15) is 8.78 Å². The van der Waals surface area contributed by atoms with Gasteiger partial charge >= 0.3 is 6.11 Å². The fourth-order valence-electron chi connectivity index (χ4n) is 3.87. The summed E-state index contributed by atoms with van der Waals surface area (Å²) in [5.41, 5.74) is 0.0938. The van der Waals surface area contributed by atoms with Gasteiger partial charge in [-0.05, 0) is 46.9 Å². The number of alkyl halides is 2. The highest BCUT2D eigenvalue weighted by molar-refractivity contribution is 5.71. The van der Waals surface area contributed by atoms with Gasteiger partial charge in [0.05, 0.1) is 0 Å². The largest absolute Gasteiger partial charge is 0.432 e. The van der Waals surface area contributed by atoms with E-state index in [1.54, 1.807) is 6.07 Å². The minimum atomic E-state index is -4.61. The Morgan fingerprint density at radius 3 is 1.75 bits per heavy atom. The van der Waals surface area contributed by atoms with Crippen molar-refractivity contribution in [2.45, 2.75) is 25.9 Å². The molecule has 0 unspecified atom stereocenters. The molecule has 0 aliphatic heterocycles. The highest BCUT2D eigenvalue weighted by Crippen LogP contribution is 2.38. The Kier molecular flexibility index (Phi) is 7.06. The van der Waals surface area contributed by atoms with E-state index >= 15 is 0 Å². The summed E-state index contributed by atoms with van der Waals surface area (Å²) in [5.74, 6) is -7.65. The van der Waals surface area contributed by atoms with Crippen molar-refractivity contribution in [3.8, 4) is 28.0 Å². The number of hydrogen-bond acceptors (Lipinski definition) is 1. The molecule has 4 aromatic rings. The monoisotopic (exact) mass is 504 g/mol. The molecule has 4 rings (SSSR count). The van der Waals surface area contributed by atoms with E-state index in [4.69, 9.17) is 0 Å². The van der Waals surface area contributed by atoms with Gasteiger partial charge in [-0.25, -0.2) is 22.0 Å². The van der Waals surface area contributed by atoms with Gasteiger partial charge in [-0.15, -0.1) is 0 Å². The third-order valence-corrected chi connectivity index (χ3v) is 5.52. The average molecular weight is 504 g/mol. The second kappa shape index (κ2) is 10.0. The fourth-order valence-corrected chi connectivity index (χ4v) is 3.87. The Hall–Kier alpha value is -3.81. The van der Waals surface area contributed by atoms with Gasteiger partial charge in [0.1, 0.15) is 40.4 Å². The number of halogens is 7. The molecule has 4 aromatic carbocycles. The summed E-state index contributed by atoms with van der Waals surface area (Å²) in [6.07, 6.45) is -2.72. The van der Waals surface area contributed by atoms with Crippen LogP contribution in [0.3, 0.4) is 0 Å². The van der Waals surface area contributed by atoms with Crippen molar-refractivity contribution in [3.63, 3.8) is 0 Å². The minimum Gasteiger partial charge on any atom is -0.429 e. The lowest BCUT2D eigenvalue weighted by Crippen LogP contribution is -2.25. The number of ether oxygens (including phenoxy) is 1. The van der Waals surface area contributed by atoms with Crippen LogP contribution in [0.4, 0.5) is 30.7 Å². The van der Waals surface area contributed by atoms with Gasteiger partial charge < -0.3 is 4.74 Å². The zero-order valence-electron chi connectivity index (χ0n) is 18.9. The highest BCUT2D eigenvalue weighted by atomic mass is 19.3. The van der Waals surface area contributed by atoms with E-state index in [0.717, 1.165) is 24.0 Å². The van der Waals surface area contributed by atoms with Crippen molar-refractivity contribution in [1.82, 2.24) is 0 Å². The van der Waals surface area contributed by atoms with E-state index in [2.05, 4.69) is 11.7 Å². The van der Waals surface area contributed by atoms with Crippen LogP contribution in [-0.2, 0) is 12.5 Å². The van der Waals surface area contributed by atoms with E-state index in [1.165, 1.54) is 12.1 Å². The fraction of sp³-hybridized carbons (Fsp3) is 0.143. The molecular formula is C28H19F7O. The van der Waals surface area contributed by atoms with Crippen LogP contribution in [0.1, 0.15) is 24.5 Å². The van der Waals surface area contributed by atoms with Crippen molar-refractivity contribution >= 4 is 0 Å². The first-order valence-electron chi connectivity index (χ1n) is 11.0. The Morgan fingerprint density at radius 2 is 1.19 bits per heavy atom. The third-order valence-electron chi connectivity index (χ3n) is 5.52. The summed E-state index contributed by atoms with van der Waals surface area (Å²) in [6.45, 7) is 2.06. The quantitative estimate of drug-likeness (QED) is 0.229. The van der Waals surface area contributed by atoms with Crippen molar-refractivity contribution in [2.75, 3.05) is 0 Å². The molecule has 0 saturated heterocycles. The minimum absolute atomic E-state index is 0.206. The van der Waals surface area contributed by atoms with E-state index in [-0.39, 0.29) is 11.1 Å². The first kappa shape index (κ1) is 25.3. The van der Waals surface area contributed by atoms with Gasteiger partial charge in [0.2, 0.25) is 0 Å². The van der Waals surface area contributed by atoms with Crippen molar-refractivity contribution in [2.24, 2.45) is 0 Å². The molecule has 0 saturated carbocycles. The lowest BCUT2D eigenvalue weighted by Gasteiger charge is -2.20. The number of rotatable bonds is 7. The molecule has 0 aromatic heterocycles. The van der Waals surface area contributed by atoms with Gasteiger partial charge in [0, 0.05) is 23.8 Å². The SMILES string of the molecule is CCCc1ccc(-c2ccc(-c3cc(F)c(C(F)(F)Oc4cc(F)cc(F)c4)c(F)c3)c(F)c2)cc1. The van der Waals surface area contributed by atoms with Gasteiger partial charge in [-0.3, -0.25) is 0 Å². The average Bonchev–Trinajstić information content (AvgIpc) is 2.78. The predicted octanol–water partition coefficient (Wildman–Crippen LogP) is 8.80. The predicted molar refractivity (Wildman–Crippen MR) is 122 cm³/mol. The van der Waals surface area contributed by atoms with Crippen LogP contribution in [0.5, 0.6) is 5.75 Å². The molecule has 0 spiro atoms. The maximum Gasteiger partial charge on any atom is 0.432 e. The second-order valence-corrected chi connectivity index (χ2v) is 8.18. The van der Waals surface area contributed by atoms with Crippen LogP contribution in [-0.4, -0.2) is 0 Å². The van der Waals surface area contributed by atoms with Crippen LogP contribution in [0, 0.1) is 29.1 Å². The molecule has 0 N–H and O–H groups in total. The molecule has 0 aliphatic rings. The normalized spacial score (nSPS) is 11.6. The molecule has 8 heteroatoms. The summed E-state index contributed by atoms with van der Waals surface area (Å²) < 4.78 is 104. The Labute approximate surface area is 202 Å². The second-order valence-electron chi connectivity index (χ2n) is 8.18. The molecule has 1 nitrogen and oxygen atoms in total. The first-order chi connectivity index (χ1) is 17.1. The zero-order valence-corrected chi connectivity index (χ0v) is 18.9. The molecule has 0 bridgehead atoms. The maximum atomic E-state index is 14.9. The number of hydrogen-bond donors (Lipinski definition) is 0. The topological polar surface area (TPSA) is 9.23 Å². The van der Waals surface area contributed by atoms with Crippen LogP contribution < -0.4 is 4.74 Å². The van der Waals surface area contributed by atoms with Crippen LogP contribution in [0.25, 0.3) is 22.3 Å². The number of aryl methyl sites for hydroxylation is 1. The summed E-state index contributed by atoms with van der Waals surface area (Å²) in [4.78, 5) is 0. The zero-order chi connectivity index (χ0) is 26.0. The molecule has 36 heavy (non-hydrogen) atoms. The van der Waals surface area contributed by atoms with E-state index in [0.29, 0.717) is 35.9 Å². The summed E-state index contributed by atoms with van der Waals surface area (Å²) in [5, 5.41) is 0. The van der Waals surface area contributed by atoms with Gasteiger partial charge in [-0.1, -0.05) is 49.7 Å². The first-order valence-corrected chi connectivity index (χ1v) is 11.0. The Bertz CT molecular complexity index is 1350. The maximum absolute atomic E-state index is 14.9. The Balaban J connectivity index is 1.64. The molecular weight excluding hydrogens is 485 g/mol. The van der Waals surface area contributed by atoms with Crippen LogP contribution in [0.2, 0.25) is 0 Å². The molecule has 0 aliphatic carbocycles. The van der Waals surface area contributed by atoms with Crippen LogP contribution in [0.15, 0.2) is 72.8 Å². The standard InChI is InChI=1S/C28H19F7O/c1-2-3-16-4-6-17(7-5-16)18-8-9-23(24(31)10-18)19-11-25(32)27(26(33)12-19)28(34,35)36-22-14-20(29)13-21(30)15-22/h4-15H,2-3H2,1H3. The van der Waals surface area contributed by atoms with Crippen molar-refractivity contribution in [1.29, 1.82) is 0 Å². The lowest BCUT2D eigenvalue weighted by atomic mass is 9.97. The number of benzene rings is 4. The lowest BCUT2D eigenvalue weighted by molar-refractivity contribution is -0.189. The summed E-state index contributed by atoms with van der Waals surface area (Å²) >= 11 is 0. The van der Waals surface area contributed by atoms with Gasteiger partial charge in [0.25, 0.3) is 0 Å². The van der Waals surface area contributed by atoms with Crippen LogP contribution >= 0.6 is 0 Å². The molecule has 0 heterocycles. The molecule has 0 radical (unpaired) electrons. The van der Waals surface area contributed by atoms with Crippen molar-refractivity contribution in [3.05, 3.63) is 113 Å². The molecule has 186 valence electrons. The summed E-state index contributed by atoms with van der Waals surface area (Å²) in [7, 11) is 0. The van der Waals surface area contributed by atoms with Gasteiger partial charge in [0.15, 0.2) is 0 Å². The molecule has 0 fully saturated rings. The molecule has 0 atom stereocenters. The van der Waals surface area contributed by atoms with E-state index in [9.17, 15) is 30.7 Å². The molecule has 0 amide bonds. The van der Waals surface area contributed by atoms with E-state index in [1.807, 2.05) is 24.3 Å². The Morgan fingerprint density at radius 1 is 0.639 bits per heavy atom. The van der Waals surface area contributed by atoms with Crippen molar-refractivity contribution < 1.29 is 35.5 Å². The summed E-state index contributed by atoms with van der Waals surface area (Å²) in [6, 6.07) is 13.9.